The molecule has 0 saturated heterocycles. The van der Waals surface area contributed by atoms with Crippen molar-refractivity contribution in [3.05, 3.63) is 60.2 Å². The van der Waals surface area contributed by atoms with Crippen molar-refractivity contribution in [3.63, 3.8) is 0 Å². The molecule has 1 fully saturated rings. The van der Waals surface area contributed by atoms with Gasteiger partial charge < -0.3 is 14.6 Å². The molecule has 31 heavy (non-hydrogen) atoms. The smallest absolute Gasteiger partial charge is 0.230 e. The fraction of sp³-hybridized carbons (Fsp3) is 0.375. The number of nitrogens with one attached hydrogen (secondary N) is 1. The molecule has 1 aromatic heterocycles. The Morgan fingerprint density at radius 3 is 2.55 bits per heavy atom. The van der Waals surface area contributed by atoms with Crippen LogP contribution in [0.4, 0.5) is 0 Å². The van der Waals surface area contributed by atoms with Crippen molar-refractivity contribution in [2.45, 2.75) is 49.8 Å². The number of methoxy groups -OCH3 is 1. The summed E-state index contributed by atoms with van der Waals surface area (Å²) < 4.78 is 7.39. The molecular weight excluding hydrogens is 408 g/mol. The number of carbonyl (C=O) groups excluding carboxylic acids is 1. The summed E-state index contributed by atoms with van der Waals surface area (Å²) in [4.78, 5) is 12.4. The van der Waals surface area contributed by atoms with Crippen molar-refractivity contribution < 1.29 is 9.53 Å². The van der Waals surface area contributed by atoms with Crippen LogP contribution >= 0.6 is 11.8 Å². The lowest BCUT2D eigenvalue weighted by molar-refractivity contribution is -0.119. The fourth-order valence-corrected chi connectivity index (χ4v) is 4.68. The van der Waals surface area contributed by atoms with Gasteiger partial charge in [0.2, 0.25) is 5.91 Å². The van der Waals surface area contributed by atoms with Crippen LogP contribution in [-0.2, 0) is 17.8 Å². The van der Waals surface area contributed by atoms with E-state index in [-0.39, 0.29) is 5.91 Å². The van der Waals surface area contributed by atoms with Crippen LogP contribution in [0.2, 0.25) is 0 Å². The molecular formula is C24H28N4O2S. The molecule has 7 heteroatoms. The van der Waals surface area contributed by atoms with E-state index in [0.717, 1.165) is 48.1 Å². The number of rotatable bonds is 9. The second-order valence-electron chi connectivity index (χ2n) is 7.76. The molecule has 6 nitrogen and oxygen atoms in total. The molecule has 0 aliphatic heterocycles. The Hall–Kier alpha value is -2.80. The van der Waals surface area contributed by atoms with Crippen molar-refractivity contribution in [2.75, 3.05) is 12.9 Å². The maximum Gasteiger partial charge on any atom is 0.230 e. The van der Waals surface area contributed by atoms with Crippen LogP contribution in [0.15, 0.2) is 59.8 Å². The zero-order valence-corrected chi connectivity index (χ0v) is 18.6. The third kappa shape index (κ3) is 5.67. The molecule has 162 valence electrons. The van der Waals surface area contributed by atoms with Crippen molar-refractivity contribution in [1.82, 2.24) is 20.1 Å². The minimum atomic E-state index is 0.0699. The average molecular weight is 437 g/mol. The summed E-state index contributed by atoms with van der Waals surface area (Å²) in [5.74, 6) is 2.03. The van der Waals surface area contributed by atoms with E-state index >= 15 is 0 Å². The van der Waals surface area contributed by atoms with Crippen LogP contribution in [0, 0.1) is 0 Å². The van der Waals surface area contributed by atoms with Gasteiger partial charge in [-0.2, -0.15) is 0 Å². The number of nitrogens with zero attached hydrogens (tertiary/aromatic N) is 3. The Bertz CT molecular complexity index is 983. The van der Waals surface area contributed by atoms with Gasteiger partial charge in [0.25, 0.3) is 0 Å². The maximum atomic E-state index is 12.4. The summed E-state index contributed by atoms with van der Waals surface area (Å²) in [5, 5.41) is 12.8. The average Bonchev–Trinajstić information content (AvgIpc) is 3.47. The molecule has 1 aliphatic rings. The third-order valence-corrected chi connectivity index (χ3v) is 6.55. The number of thioether (sulfide) groups is 1. The van der Waals surface area contributed by atoms with Crippen LogP contribution < -0.4 is 10.1 Å². The van der Waals surface area contributed by atoms with Crippen molar-refractivity contribution >= 4 is 17.7 Å². The van der Waals surface area contributed by atoms with E-state index in [9.17, 15) is 4.79 Å². The highest BCUT2D eigenvalue weighted by atomic mass is 32.2. The molecule has 3 aromatic rings. The zero-order valence-electron chi connectivity index (χ0n) is 17.8. The Morgan fingerprint density at radius 1 is 1.10 bits per heavy atom. The lowest BCUT2D eigenvalue weighted by Gasteiger charge is -2.13. The number of carbonyl (C=O) groups is 1. The van der Waals surface area contributed by atoms with Gasteiger partial charge in [0.1, 0.15) is 5.75 Å². The molecule has 1 heterocycles. The van der Waals surface area contributed by atoms with Crippen molar-refractivity contribution in [2.24, 2.45) is 0 Å². The number of amides is 1. The molecule has 1 saturated carbocycles. The quantitative estimate of drug-likeness (QED) is 0.505. The van der Waals surface area contributed by atoms with Gasteiger partial charge in [-0.25, -0.2) is 0 Å². The van der Waals surface area contributed by atoms with Crippen LogP contribution in [0.25, 0.3) is 11.4 Å². The molecule has 1 N–H and O–H groups in total. The molecule has 0 bridgehead atoms. The van der Waals surface area contributed by atoms with Gasteiger partial charge in [0.05, 0.1) is 12.9 Å². The summed E-state index contributed by atoms with van der Waals surface area (Å²) in [6, 6.07) is 18.5. The summed E-state index contributed by atoms with van der Waals surface area (Å²) in [6.07, 6.45) is 5.45. The Labute approximate surface area is 187 Å². The molecule has 2 aromatic carbocycles. The first-order valence-electron chi connectivity index (χ1n) is 10.8. The summed E-state index contributed by atoms with van der Waals surface area (Å²) in [7, 11) is 1.66. The Morgan fingerprint density at radius 2 is 1.84 bits per heavy atom. The lowest BCUT2D eigenvalue weighted by Crippen LogP contribution is -2.33. The second kappa shape index (κ2) is 10.5. The summed E-state index contributed by atoms with van der Waals surface area (Å²) in [5.41, 5.74) is 2.23. The van der Waals surface area contributed by atoms with Crippen LogP contribution in [0.5, 0.6) is 5.75 Å². The SMILES string of the molecule is COc1ccc(-c2nnc(SCC(=O)NC3CCCC3)n2CCc2ccccc2)cc1. The first-order valence-corrected chi connectivity index (χ1v) is 11.7. The van der Waals surface area contributed by atoms with E-state index in [1.54, 1.807) is 7.11 Å². The number of ether oxygens (including phenoxy) is 1. The van der Waals surface area contributed by atoms with Crippen molar-refractivity contribution in [1.29, 1.82) is 0 Å². The van der Waals surface area contributed by atoms with Gasteiger partial charge in [-0.05, 0) is 49.1 Å². The first-order chi connectivity index (χ1) is 15.2. The standard InChI is InChI=1S/C24H28N4O2S/c1-30-21-13-11-19(12-14-21)23-26-27-24(28(23)16-15-18-7-3-2-4-8-18)31-17-22(29)25-20-9-5-6-10-20/h2-4,7-8,11-14,20H,5-6,9-10,15-17H2,1H3,(H,25,29). The van der Waals surface area contributed by atoms with E-state index in [1.807, 2.05) is 30.3 Å². The van der Waals surface area contributed by atoms with Gasteiger partial charge in [0, 0.05) is 18.2 Å². The van der Waals surface area contributed by atoms with Gasteiger partial charge in [-0.3, -0.25) is 4.79 Å². The van der Waals surface area contributed by atoms with E-state index in [4.69, 9.17) is 4.74 Å². The number of aryl methyl sites for hydroxylation is 1. The number of hydrogen-bond donors (Lipinski definition) is 1. The van der Waals surface area contributed by atoms with Gasteiger partial charge in [-0.15, -0.1) is 10.2 Å². The number of hydrogen-bond acceptors (Lipinski definition) is 5. The van der Waals surface area contributed by atoms with E-state index in [2.05, 4.69) is 44.3 Å². The highest BCUT2D eigenvalue weighted by Gasteiger charge is 2.19. The molecule has 0 atom stereocenters. The summed E-state index contributed by atoms with van der Waals surface area (Å²) >= 11 is 1.45. The first kappa shape index (κ1) is 21.4. The molecule has 1 aliphatic carbocycles. The summed E-state index contributed by atoms with van der Waals surface area (Å²) in [6.45, 7) is 0.741. The van der Waals surface area contributed by atoms with Crippen LogP contribution in [0.3, 0.4) is 0 Å². The van der Waals surface area contributed by atoms with Crippen molar-refractivity contribution in [3.8, 4) is 17.1 Å². The Kier molecular flexibility index (Phi) is 7.25. The fourth-order valence-electron chi connectivity index (χ4n) is 3.91. The van der Waals surface area contributed by atoms with Gasteiger partial charge in [0.15, 0.2) is 11.0 Å². The maximum absolute atomic E-state index is 12.4. The molecule has 0 radical (unpaired) electrons. The zero-order chi connectivity index (χ0) is 21.5. The molecule has 1 amide bonds. The monoisotopic (exact) mass is 436 g/mol. The van der Waals surface area contributed by atoms with E-state index < -0.39 is 0 Å². The second-order valence-corrected chi connectivity index (χ2v) is 8.70. The largest absolute Gasteiger partial charge is 0.497 e. The molecule has 0 unspecified atom stereocenters. The highest BCUT2D eigenvalue weighted by molar-refractivity contribution is 7.99. The van der Waals surface area contributed by atoms with Crippen LogP contribution in [-0.4, -0.2) is 39.6 Å². The predicted molar refractivity (Wildman–Crippen MR) is 123 cm³/mol. The normalized spacial score (nSPS) is 14.0. The van der Waals surface area contributed by atoms with E-state index in [0.29, 0.717) is 11.8 Å². The lowest BCUT2D eigenvalue weighted by atomic mass is 10.1. The third-order valence-electron chi connectivity index (χ3n) is 5.58. The topological polar surface area (TPSA) is 69.0 Å². The molecule has 4 rings (SSSR count). The van der Waals surface area contributed by atoms with E-state index in [1.165, 1.54) is 30.2 Å². The highest BCUT2D eigenvalue weighted by Crippen LogP contribution is 2.26. The number of benzene rings is 2. The predicted octanol–water partition coefficient (Wildman–Crippen LogP) is 4.35. The van der Waals surface area contributed by atoms with Gasteiger partial charge in [-0.1, -0.05) is 54.9 Å². The minimum Gasteiger partial charge on any atom is -0.497 e. The molecule has 0 spiro atoms. The van der Waals surface area contributed by atoms with Crippen LogP contribution in [0.1, 0.15) is 31.2 Å². The minimum absolute atomic E-state index is 0.0699. The van der Waals surface area contributed by atoms with Gasteiger partial charge >= 0.3 is 0 Å². The number of aromatic nitrogens is 3. The Balaban J connectivity index is 1.50.